The number of ether oxygens (including phenoxy) is 3. The average molecular weight is 232 g/mol. The van der Waals surface area contributed by atoms with E-state index in [1.807, 2.05) is 0 Å². The molecule has 4 nitrogen and oxygen atoms in total. The van der Waals surface area contributed by atoms with Crippen LogP contribution in [0, 0.1) is 0 Å². The molecule has 0 rings (SSSR count). The first-order valence-corrected chi connectivity index (χ1v) is 7.09. The molecule has 0 aromatic heterocycles. The van der Waals surface area contributed by atoms with Gasteiger partial charge in [0.15, 0.2) is 6.29 Å². The fourth-order valence-corrected chi connectivity index (χ4v) is 2.48. The van der Waals surface area contributed by atoms with Gasteiger partial charge in [0.2, 0.25) is 0 Å². The molecule has 0 fully saturated rings. The SMILES string of the molecule is C=CC(=O)OCC[SiH2]CCC(OC)OC. The van der Waals surface area contributed by atoms with Crippen LogP contribution in [-0.4, -0.2) is 42.6 Å². The zero-order valence-electron chi connectivity index (χ0n) is 9.53. The fourth-order valence-electron chi connectivity index (χ4n) is 1.15. The van der Waals surface area contributed by atoms with Crippen LogP contribution >= 0.6 is 0 Å². The van der Waals surface area contributed by atoms with Crippen molar-refractivity contribution in [1.82, 2.24) is 0 Å². The van der Waals surface area contributed by atoms with Gasteiger partial charge in [0.05, 0.1) is 6.61 Å². The second kappa shape index (κ2) is 9.89. The molecule has 0 radical (unpaired) electrons. The average Bonchev–Trinajstić information content (AvgIpc) is 2.28. The van der Waals surface area contributed by atoms with E-state index in [1.54, 1.807) is 14.2 Å². The number of carbonyl (C=O) groups excluding carboxylic acids is 1. The third-order valence-electron chi connectivity index (χ3n) is 2.02. The van der Waals surface area contributed by atoms with Crippen molar-refractivity contribution in [2.24, 2.45) is 0 Å². The minimum Gasteiger partial charge on any atom is -0.463 e. The van der Waals surface area contributed by atoms with Crippen molar-refractivity contribution in [3.05, 3.63) is 12.7 Å². The Labute approximate surface area is 93.4 Å². The summed E-state index contributed by atoms with van der Waals surface area (Å²) >= 11 is 0. The fraction of sp³-hybridized carbons (Fsp3) is 0.700. The summed E-state index contributed by atoms with van der Waals surface area (Å²) in [5, 5.41) is 0. The molecule has 5 heteroatoms. The van der Waals surface area contributed by atoms with Crippen molar-refractivity contribution < 1.29 is 19.0 Å². The lowest BCUT2D eigenvalue weighted by molar-refractivity contribution is -0.137. The zero-order valence-corrected chi connectivity index (χ0v) is 10.9. The second-order valence-electron chi connectivity index (χ2n) is 3.12. The van der Waals surface area contributed by atoms with E-state index in [0.717, 1.165) is 18.5 Å². The molecule has 0 unspecified atom stereocenters. The lowest BCUT2D eigenvalue weighted by Crippen LogP contribution is -2.13. The predicted octanol–water partition coefficient (Wildman–Crippen LogP) is 0.730. The third kappa shape index (κ3) is 8.35. The van der Waals surface area contributed by atoms with Crippen LogP contribution in [0.25, 0.3) is 0 Å². The highest BCUT2D eigenvalue weighted by Crippen LogP contribution is 2.02. The van der Waals surface area contributed by atoms with Crippen LogP contribution in [-0.2, 0) is 19.0 Å². The highest BCUT2D eigenvalue weighted by Gasteiger charge is 2.04. The largest absolute Gasteiger partial charge is 0.463 e. The molecule has 0 bridgehead atoms. The number of hydrogen-bond donors (Lipinski definition) is 0. The summed E-state index contributed by atoms with van der Waals surface area (Å²) in [6, 6.07) is 2.14. The van der Waals surface area contributed by atoms with Crippen LogP contribution in [0.3, 0.4) is 0 Å². The smallest absolute Gasteiger partial charge is 0.330 e. The molecule has 0 aliphatic rings. The van der Waals surface area contributed by atoms with Gasteiger partial charge in [-0.15, -0.1) is 0 Å². The summed E-state index contributed by atoms with van der Waals surface area (Å²) in [5.41, 5.74) is 0. The van der Waals surface area contributed by atoms with E-state index in [-0.39, 0.29) is 21.8 Å². The van der Waals surface area contributed by atoms with Gasteiger partial charge in [0, 0.05) is 29.8 Å². The summed E-state index contributed by atoms with van der Waals surface area (Å²) in [6.07, 6.45) is 2.02. The lowest BCUT2D eigenvalue weighted by Gasteiger charge is -2.12. The third-order valence-corrected chi connectivity index (χ3v) is 3.72. The molecule has 0 aliphatic carbocycles. The van der Waals surface area contributed by atoms with E-state index in [2.05, 4.69) is 6.58 Å². The van der Waals surface area contributed by atoms with Gasteiger partial charge in [-0.25, -0.2) is 4.79 Å². The van der Waals surface area contributed by atoms with Gasteiger partial charge >= 0.3 is 5.97 Å². The Bertz CT molecular complexity index is 180. The molecule has 0 aromatic rings. The van der Waals surface area contributed by atoms with Gasteiger partial charge in [0.25, 0.3) is 0 Å². The Hall–Kier alpha value is -0.653. The number of esters is 1. The first-order chi connectivity index (χ1) is 7.24. The summed E-state index contributed by atoms with van der Waals surface area (Å²) < 4.78 is 15.0. The van der Waals surface area contributed by atoms with Crippen LogP contribution in [0.1, 0.15) is 6.42 Å². The van der Waals surface area contributed by atoms with Crippen molar-refractivity contribution in [3.63, 3.8) is 0 Å². The maximum Gasteiger partial charge on any atom is 0.330 e. The van der Waals surface area contributed by atoms with E-state index in [4.69, 9.17) is 14.2 Å². The molecular weight excluding hydrogens is 212 g/mol. The molecule has 0 saturated carbocycles. The maximum atomic E-state index is 10.7. The normalized spacial score (nSPS) is 11.1. The van der Waals surface area contributed by atoms with Crippen molar-refractivity contribution in [2.75, 3.05) is 20.8 Å². The second-order valence-corrected chi connectivity index (χ2v) is 5.24. The van der Waals surface area contributed by atoms with Gasteiger partial charge in [0.1, 0.15) is 0 Å². The number of hydrogen-bond acceptors (Lipinski definition) is 4. The molecule has 0 aromatic carbocycles. The van der Waals surface area contributed by atoms with E-state index >= 15 is 0 Å². The number of carbonyl (C=O) groups is 1. The van der Waals surface area contributed by atoms with Gasteiger partial charge in [-0.2, -0.15) is 0 Å². The molecule has 15 heavy (non-hydrogen) atoms. The van der Waals surface area contributed by atoms with Crippen molar-refractivity contribution >= 4 is 15.5 Å². The molecule has 0 heterocycles. The van der Waals surface area contributed by atoms with Gasteiger partial charge in [-0.1, -0.05) is 12.6 Å². The van der Waals surface area contributed by atoms with E-state index in [1.165, 1.54) is 6.08 Å². The first kappa shape index (κ1) is 14.3. The predicted molar refractivity (Wildman–Crippen MR) is 61.7 cm³/mol. The van der Waals surface area contributed by atoms with E-state index in [0.29, 0.717) is 6.61 Å². The van der Waals surface area contributed by atoms with Crippen LogP contribution in [0.4, 0.5) is 0 Å². The summed E-state index contributed by atoms with van der Waals surface area (Å²) in [4.78, 5) is 10.7. The quantitative estimate of drug-likeness (QED) is 0.193. The van der Waals surface area contributed by atoms with Gasteiger partial charge in [-0.05, 0) is 12.5 Å². The van der Waals surface area contributed by atoms with Gasteiger partial charge < -0.3 is 14.2 Å². The highest BCUT2D eigenvalue weighted by molar-refractivity contribution is 6.35. The van der Waals surface area contributed by atoms with Crippen molar-refractivity contribution in [2.45, 2.75) is 24.8 Å². The molecule has 0 atom stereocenters. The summed E-state index contributed by atoms with van der Waals surface area (Å²) in [7, 11) is 3.11. The monoisotopic (exact) mass is 232 g/mol. The Balaban J connectivity index is 3.24. The minimum atomic E-state index is -0.337. The highest BCUT2D eigenvalue weighted by atomic mass is 28.2. The Kier molecular flexibility index (Phi) is 9.45. The standard InChI is InChI=1S/C10H20O4Si/c1-4-9(11)14-6-8-15-7-5-10(12-2)13-3/h4,10H,1,5-8,15H2,2-3H3. The Morgan fingerprint density at radius 2 is 2.07 bits per heavy atom. The molecule has 0 aliphatic heterocycles. The zero-order chi connectivity index (χ0) is 11.5. The van der Waals surface area contributed by atoms with Crippen LogP contribution in [0.2, 0.25) is 12.1 Å². The summed E-state index contributed by atoms with van der Waals surface area (Å²) in [5.74, 6) is -0.337. The van der Waals surface area contributed by atoms with Crippen LogP contribution in [0.5, 0.6) is 0 Å². The molecule has 88 valence electrons. The van der Waals surface area contributed by atoms with Crippen molar-refractivity contribution in [1.29, 1.82) is 0 Å². The molecular formula is C10H20O4Si. The lowest BCUT2D eigenvalue weighted by atomic mass is 10.5. The molecule has 0 spiro atoms. The van der Waals surface area contributed by atoms with E-state index < -0.39 is 0 Å². The Morgan fingerprint density at radius 1 is 1.40 bits per heavy atom. The minimum absolute atomic E-state index is 0.0896. The molecule has 0 amide bonds. The van der Waals surface area contributed by atoms with E-state index in [9.17, 15) is 4.79 Å². The Morgan fingerprint density at radius 3 is 2.60 bits per heavy atom. The maximum absolute atomic E-state index is 10.7. The summed E-state index contributed by atoms with van der Waals surface area (Å²) in [6.45, 7) is 3.84. The molecule has 0 saturated heterocycles. The first-order valence-electron chi connectivity index (χ1n) is 5.09. The number of rotatable bonds is 9. The van der Waals surface area contributed by atoms with Crippen LogP contribution < -0.4 is 0 Å². The molecule has 0 N–H and O–H groups in total. The van der Waals surface area contributed by atoms with Crippen molar-refractivity contribution in [3.8, 4) is 0 Å². The topological polar surface area (TPSA) is 44.8 Å². The number of methoxy groups -OCH3 is 2. The van der Waals surface area contributed by atoms with Crippen LogP contribution in [0.15, 0.2) is 12.7 Å². The van der Waals surface area contributed by atoms with Gasteiger partial charge in [-0.3, -0.25) is 0 Å².